The summed E-state index contributed by atoms with van der Waals surface area (Å²) in [6.45, 7) is 11.9. The van der Waals surface area contributed by atoms with Crippen LogP contribution in [-0.4, -0.2) is 54.3 Å². The Morgan fingerprint density at radius 2 is 1.15 bits per heavy atom. The monoisotopic (exact) mass is 616 g/mol. The summed E-state index contributed by atoms with van der Waals surface area (Å²) in [5.74, 6) is -1.35. The van der Waals surface area contributed by atoms with Gasteiger partial charge in [0.2, 0.25) is 0 Å². The van der Waals surface area contributed by atoms with Crippen molar-refractivity contribution in [1.82, 2.24) is 29.2 Å². The van der Waals surface area contributed by atoms with Crippen LogP contribution in [0.25, 0.3) is 33.5 Å². The van der Waals surface area contributed by atoms with Gasteiger partial charge in [-0.3, -0.25) is 0 Å². The molecule has 0 fully saturated rings. The van der Waals surface area contributed by atoms with Crippen molar-refractivity contribution in [3.05, 3.63) is 107 Å². The Balaban J connectivity index is 1.36. The molecule has 6 aromatic rings. The minimum atomic E-state index is -0.549. The van der Waals surface area contributed by atoms with Crippen molar-refractivity contribution in [3.8, 4) is 22.3 Å². The number of esters is 2. The average molecular weight is 617 g/mol. The highest BCUT2D eigenvalue weighted by molar-refractivity contribution is 5.91. The average Bonchev–Trinajstić information content (AvgIpc) is 3.58. The molecule has 0 saturated heterocycles. The number of hydrogen-bond donors (Lipinski definition) is 0. The van der Waals surface area contributed by atoms with Gasteiger partial charge in [0.05, 0.1) is 30.3 Å². The maximum absolute atomic E-state index is 13.6. The summed E-state index contributed by atoms with van der Waals surface area (Å²) < 4.78 is 14.7. The van der Waals surface area contributed by atoms with E-state index in [1.165, 1.54) is 0 Å². The highest BCUT2D eigenvalue weighted by atomic mass is 16.5. The summed E-state index contributed by atoms with van der Waals surface area (Å²) in [5.41, 5.74) is 8.19. The molecule has 0 amide bonds. The molecule has 1 atom stereocenters. The molecular weight excluding hydrogens is 580 g/mol. The molecule has 1 unspecified atom stereocenters. The number of nitrogens with zero attached hydrogens (tertiary/aromatic N) is 6. The van der Waals surface area contributed by atoms with E-state index in [4.69, 9.17) is 24.7 Å². The fourth-order valence-electron chi connectivity index (χ4n) is 5.71. The quantitative estimate of drug-likeness (QED) is 0.160. The summed E-state index contributed by atoms with van der Waals surface area (Å²) >= 11 is 0. The van der Waals surface area contributed by atoms with Gasteiger partial charge in [-0.1, -0.05) is 81.4 Å². The highest BCUT2D eigenvalue weighted by Crippen LogP contribution is 2.32. The summed E-state index contributed by atoms with van der Waals surface area (Å²) in [6, 6.07) is 23.1. The van der Waals surface area contributed by atoms with Gasteiger partial charge in [0, 0.05) is 22.7 Å². The second-order valence-corrected chi connectivity index (χ2v) is 11.6. The van der Waals surface area contributed by atoms with Crippen LogP contribution in [0.15, 0.2) is 72.8 Å². The van der Waals surface area contributed by atoms with Crippen LogP contribution in [0.1, 0.15) is 83.3 Å². The van der Waals surface area contributed by atoms with E-state index in [9.17, 15) is 9.59 Å². The van der Waals surface area contributed by atoms with Gasteiger partial charge in [-0.05, 0) is 49.9 Å². The first kappa shape index (κ1) is 30.6. The Morgan fingerprint density at radius 1 is 0.696 bits per heavy atom. The lowest BCUT2D eigenvalue weighted by Crippen LogP contribution is -2.18. The molecule has 0 saturated carbocycles. The molecule has 0 radical (unpaired) electrons. The van der Waals surface area contributed by atoms with Crippen molar-refractivity contribution in [2.75, 3.05) is 13.2 Å². The first-order valence-electron chi connectivity index (χ1n) is 15.4. The lowest BCUT2D eigenvalue weighted by molar-refractivity contribution is 0.0471. The number of aryl methyl sites for hydroxylation is 2. The number of rotatable bonds is 9. The molecule has 4 heterocycles. The second kappa shape index (κ2) is 12.5. The van der Waals surface area contributed by atoms with E-state index in [1.807, 2.05) is 86.0 Å². The molecule has 4 aromatic heterocycles. The predicted octanol–water partition coefficient (Wildman–Crippen LogP) is 6.98. The van der Waals surface area contributed by atoms with Crippen molar-refractivity contribution >= 4 is 23.2 Å². The Hall–Kier alpha value is -5.38. The van der Waals surface area contributed by atoms with Gasteiger partial charge in [0.15, 0.2) is 22.7 Å². The molecule has 0 aliphatic rings. The van der Waals surface area contributed by atoms with Crippen LogP contribution in [-0.2, 0) is 9.47 Å². The SMILES string of the molecule is CCOC(=O)c1cc(C(C)COC(=O)c2cc(C(C)C)n3nc(C)c(-c4ccccc4)c3n2)n2nc(C)c(-c3ccccc3)c2n1. The standard InChI is InChI=1S/C36H36N6O4/c1-7-45-35(43)28-19-30(42-34(38-28)32(24(6)40-42)26-16-12-9-13-17-26)22(4)20-46-36(44)27-18-29(21(2)3)41-33(37-27)31(23(5)39-41)25-14-10-8-11-15-25/h8-19,21-22H,7,20H2,1-6H3. The minimum absolute atomic E-state index is 0.0213. The van der Waals surface area contributed by atoms with Crippen molar-refractivity contribution < 1.29 is 19.1 Å². The van der Waals surface area contributed by atoms with Gasteiger partial charge in [0.1, 0.15) is 0 Å². The number of hydrogen-bond acceptors (Lipinski definition) is 8. The largest absolute Gasteiger partial charge is 0.461 e. The van der Waals surface area contributed by atoms with Crippen LogP contribution < -0.4 is 0 Å². The molecule has 6 rings (SSSR count). The van der Waals surface area contributed by atoms with E-state index in [0.29, 0.717) is 17.0 Å². The first-order valence-corrected chi connectivity index (χ1v) is 15.4. The van der Waals surface area contributed by atoms with E-state index in [-0.39, 0.29) is 36.4 Å². The fraction of sp³-hybridized carbons (Fsp3) is 0.278. The molecule has 10 nitrogen and oxygen atoms in total. The normalized spacial score (nSPS) is 12.2. The lowest BCUT2D eigenvalue weighted by atomic mass is 10.1. The predicted molar refractivity (Wildman–Crippen MR) is 175 cm³/mol. The van der Waals surface area contributed by atoms with E-state index in [1.54, 1.807) is 23.6 Å². The molecule has 234 valence electrons. The molecule has 0 spiro atoms. The molecule has 0 bridgehead atoms. The molecule has 2 aromatic carbocycles. The Labute approximate surface area is 267 Å². The van der Waals surface area contributed by atoms with E-state index in [0.717, 1.165) is 39.3 Å². The molecule has 0 aliphatic carbocycles. The van der Waals surface area contributed by atoms with Gasteiger partial charge in [0.25, 0.3) is 0 Å². The number of carbonyl (C=O) groups is 2. The molecular formula is C36H36N6O4. The topological polar surface area (TPSA) is 113 Å². The van der Waals surface area contributed by atoms with E-state index < -0.39 is 11.9 Å². The van der Waals surface area contributed by atoms with Crippen LogP contribution in [0.2, 0.25) is 0 Å². The van der Waals surface area contributed by atoms with Crippen LogP contribution >= 0.6 is 0 Å². The smallest absolute Gasteiger partial charge is 0.357 e. The van der Waals surface area contributed by atoms with E-state index >= 15 is 0 Å². The molecule has 0 aliphatic heterocycles. The zero-order valence-corrected chi connectivity index (χ0v) is 26.8. The molecule has 0 N–H and O–H groups in total. The fourth-order valence-corrected chi connectivity index (χ4v) is 5.71. The van der Waals surface area contributed by atoms with Crippen LogP contribution in [0.4, 0.5) is 0 Å². The van der Waals surface area contributed by atoms with Crippen molar-refractivity contribution in [3.63, 3.8) is 0 Å². The summed E-state index contributed by atoms with van der Waals surface area (Å²) in [5, 5.41) is 9.56. The van der Waals surface area contributed by atoms with Crippen LogP contribution in [0, 0.1) is 13.8 Å². The minimum Gasteiger partial charge on any atom is -0.461 e. The maximum atomic E-state index is 13.6. The van der Waals surface area contributed by atoms with Crippen LogP contribution in [0.5, 0.6) is 0 Å². The van der Waals surface area contributed by atoms with Gasteiger partial charge in [-0.25, -0.2) is 28.6 Å². The van der Waals surface area contributed by atoms with E-state index in [2.05, 4.69) is 18.8 Å². The van der Waals surface area contributed by atoms with Gasteiger partial charge in [-0.2, -0.15) is 10.2 Å². The molecule has 46 heavy (non-hydrogen) atoms. The lowest BCUT2D eigenvalue weighted by Gasteiger charge is -2.16. The Bertz CT molecular complexity index is 2070. The summed E-state index contributed by atoms with van der Waals surface area (Å²) in [7, 11) is 0. The van der Waals surface area contributed by atoms with Crippen molar-refractivity contribution in [1.29, 1.82) is 0 Å². The zero-order chi connectivity index (χ0) is 32.5. The molecule has 10 heteroatoms. The third-order valence-electron chi connectivity index (χ3n) is 7.96. The number of benzene rings is 2. The first-order chi connectivity index (χ1) is 22.2. The third kappa shape index (κ3) is 5.62. The van der Waals surface area contributed by atoms with Crippen molar-refractivity contribution in [2.24, 2.45) is 0 Å². The summed E-state index contributed by atoms with van der Waals surface area (Å²) in [6.07, 6.45) is 0. The highest BCUT2D eigenvalue weighted by Gasteiger charge is 2.25. The Morgan fingerprint density at radius 3 is 1.63 bits per heavy atom. The van der Waals surface area contributed by atoms with Crippen LogP contribution in [0.3, 0.4) is 0 Å². The number of aromatic nitrogens is 6. The number of carbonyl (C=O) groups excluding carboxylic acids is 2. The zero-order valence-electron chi connectivity index (χ0n) is 26.8. The van der Waals surface area contributed by atoms with Gasteiger partial charge < -0.3 is 9.47 Å². The summed E-state index contributed by atoms with van der Waals surface area (Å²) in [4.78, 5) is 35.9. The van der Waals surface area contributed by atoms with Gasteiger partial charge in [-0.15, -0.1) is 0 Å². The Kier molecular flexibility index (Phi) is 8.36. The third-order valence-corrected chi connectivity index (χ3v) is 7.96. The second-order valence-electron chi connectivity index (χ2n) is 11.6. The number of fused-ring (bicyclic) bond motifs is 2. The number of ether oxygens (including phenoxy) is 2. The maximum Gasteiger partial charge on any atom is 0.357 e. The van der Waals surface area contributed by atoms with Gasteiger partial charge >= 0.3 is 11.9 Å². The van der Waals surface area contributed by atoms with Crippen molar-refractivity contribution in [2.45, 2.75) is 53.4 Å².